The Morgan fingerprint density at radius 2 is 1.74 bits per heavy atom. The molecule has 0 saturated heterocycles. The quantitative estimate of drug-likeness (QED) is 0.371. The third kappa shape index (κ3) is 5.80. The minimum Gasteiger partial charge on any atom is -0.461 e. The fraction of sp³-hybridized carbons (Fsp3) is 0.727. The Kier molecular flexibility index (Phi) is 7.41. The lowest BCUT2D eigenvalue weighted by Gasteiger charge is -2.26. The van der Waals surface area contributed by atoms with Crippen molar-refractivity contribution in [3.63, 3.8) is 0 Å². The number of hydrogen-bond donors (Lipinski definition) is 0. The van der Waals surface area contributed by atoms with Gasteiger partial charge in [0.05, 0.1) is 13.2 Å². The Morgan fingerprint density at radius 1 is 1.26 bits per heavy atom. The highest BCUT2D eigenvalue weighted by Crippen LogP contribution is 2.63. The predicted molar refractivity (Wildman–Crippen MR) is 66.2 cm³/mol. The summed E-state index contributed by atoms with van der Waals surface area (Å²) in [6.07, 6.45) is -0.933. The van der Waals surface area contributed by atoms with Crippen LogP contribution in [0.25, 0.3) is 0 Å². The van der Waals surface area contributed by atoms with E-state index in [1.165, 1.54) is 13.8 Å². The van der Waals surface area contributed by atoms with E-state index in [9.17, 15) is 18.1 Å². The molecule has 0 aromatic rings. The molecular weight excluding hydrogens is 281 g/mol. The van der Waals surface area contributed by atoms with Crippen LogP contribution in [0.4, 0.5) is 8.78 Å². The molecule has 0 aliphatic rings. The molecular formula is C11H19F2O5P. The molecule has 0 aliphatic heterocycles. The molecule has 0 saturated carbocycles. The molecule has 0 fully saturated rings. The van der Waals surface area contributed by atoms with E-state index in [1.54, 1.807) is 0 Å². The molecule has 19 heavy (non-hydrogen) atoms. The third-order valence-electron chi connectivity index (χ3n) is 1.94. The number of alkyl halides is 2. The molecule has 0 unspecified atom stereocenters. The fourth-order valence-electron chi connectivity index (χ4n) is 1.22. The molecule has 0 aromatic carbocycles. The number of rotatable bonds is 9. The van der Waals surface area contributed by atoms with Crippen LogP contribution in [-0.2, 0) is 23.1 Å². The zero-order valence-corrected chi connectivity index (χ0v) is 12.2. The van der Waals surface area contributed by atoms with Crippen molar-refractivity contribution in [2.24, 2.45) is 0 Å². The Morgan fingerprint density at radius 3 is 2.11 bits per heavy atom. The van der Waals surface area contributed by atoms with E-state index < -0.39 is 25.6 Å². The third-order valence-corrected chi connectivity index (χ3v) is 4.10. The summed E-state index contributed by atoms with van der Waals surface area (Å²) >= 11 is 0. The molecule has 0 spiro atoms. The zero-order chi connectivity index (χ0) is 15.1. The van der Waals surface area contributed by atoms with Gasteiger partial charge in [0.1, 0.15) is 6.61 Å². The van der Waals surface area contributed by atoms with Crippen molar-refractivity contribution < 1.29 is 31.9 Å². The predicted octanol–water partition coefficient (Wildman–Crippen LogP) is 3.35. The molecule has 0 N–H and O–H groups in total. The highest BCUT2D eigenvalue weighted by atomic mass is 31.2. The molecule has 0 radical (unpaired) electrons. The maximum absolute atomic E-state index is 13.9. The Balaban J connectivity index is 4.77. The van der Waals surface area contributed by atoms with Crippen molar-refractivity contribution >= 4 is 13.6 Å². The second kappa shape index (κ2) is 7.72. The van der Waals surface area contributed by atoms with Crippen molar-refractivity contribution in [3.8, 4) is 0 Å². The van der Waals surface area contributed by atoms with Crippen molar-refractivity contribution in [2.45, 2.75) is 32.9 Å². The van der Waals surface area contributed by atoms with E-state index >= 15 is 0 Å². The topological polar surface area (TPSA) is 61.8 Å². The van der Waals surface area contributed by atoms with Gasteiger partial charge in [-0.3, -0.25) is 9.36 Å². The highest BCUT2D eigenvalue weighted by Gasteiger charge is 2.53. The van der Waals surface area contributed by atoms with Gasteiger partial charge in [0.15, 0.2) is 0 Å². The monoisotopic (exact) mass is 300 g/mol. The smallest absolute Gasteiger partial charge is 0.399 e. The second-order valence-corrected chi connectivity index (χ2v) is 5.87. The molecule has 0 bridgehead atoms. The van der Waals surface area contributed by atoms with Crippen molar-refractivity contribution in [2.75, 3.05) is 19.8 Å². The first-order chi connectivity index (χ1) is 8.68. The lowest BCUT2D eigenvalue weighted by Crippen LogP contribution is -2.22. The van der Waals surface area contributed by atoms with Gasteiger partial charge in [-0.25, -0.2) is 0 Å². The van der Waals surface area contributed by atoms with Gasteiger partial charge in [0.2, 0.25) is 0 Å². The zero-order valence-electron chi connectivity index (χ0n) is 11.3. The van der Waals surface area contributed by atoms with Crippen LogP contribution in [-0.4, -0.2) is 31.5 Å². The minimum atomic E-state index is -4.56. The first-order valence-corrected chi connectivity index (χ1v) is 7.29. The summed E-state index contributed by atoms with van der Waals surface area (Å²) < 4.78 is 53.5. The van der Waals surface area contributed by atoms with Gasteiger partial charge in [-0.05, 0) is 19.4 Å². The fourth-order valence-corrected chi connectivity index (χ4v) is 2.77. The van der Waals surface area contributed by atoms with Crippen LogP contribution >= 0.6 is 7.60 Å². The molecule has 8 heteroatoms. The maximum Gasteiger partial charge on any atom is 0.399 e. The lowest BCUT2D eigenvalue weighted by atomic mass is 10.2. The van der Waals surface area contributed by atoms with Crippen molar-refractivity contribution in [1.29, 1.82) is 0 Å². The van der Waals surface area contributed by atoms with E-state index in [-0.39, 0.29) is 25.4 Å². The van der Waals surface area contributed by atoms with Gasteiger partial charge in [-0.2, -0.15) is 8.78 Å². The normalized spacial score (nSPS) is 12.3. The van der Waals surface area contributed by atoms with Crippen LogP contribution in [0.5, 0.6) is 0 Å². The summed E-state index contributed by atoms with van der Waals surface area (Å²) in [5, 5.41) is 0. The maximum atomic E-state index is 13.9. The summed E-state index contributed by atoms with van der Waals surface area (Å²) in [5.41, 5.74) is -3.78. The van der Waals surface area contributed by atoms with Gasteiger partial charge < -0.3 is 13.8 Å². The number of halogens is 2. The summed E-state index contributed by atoms with van der Waals surface area (Å²) in [7, 11) is -4.56. The first kappa shape index (κ1) is 18.2. The van der Waals surface area contributed by atoms with E-state index in [4.69, 9.17) is 0 Å². The number of carbonyl (C=O) groups is 1. The summed E-state index contributed by atoms with van der Waals surface area (Å²) in [6.45, 7) is 6.70. The van der Waals surface area contributed by atoms with Crippen LogP contribution in [0.2, 0.25) is 0 Å². The number of esters is 1. The largest absolute Gasteiger partial charge is 0.461 e. The summed E-state index contributed by atoms with van der Waals surface area (Å²) in [6, 6.07) is 0. The summed E-state index contributed by atoms with van der Waals surface area (Å²) in [4.78, 5) is 10.6. The van der Waals surface area contributed by atoms with E-state index in [1.807, 2.05) is 0 Å². The van der Waals surface area contributed by atoms with E-state index in [0.29, 0.717) is 0 Å². The number of ether oxygens (including phenoxy) is 1. The second-order valence-electron chi connectivity index (χ2n) is 3.71. The molecule has 0 atom stereocenters. The Bertz CT molecular complexity index is 360. The minimum absolute atomic E-state index is 0.0696. The van der Waals surface area contributed by atoms with Crippen molar-refractivity contribution in [3.05, 3.63) is 12.2 Å². The Hall–Kier alpha value is -0.780. The van der Waals surface area contributed by atoms with Gasteiger partial charge in [-0.15, -0.1) is 0 Å². The van der Waals surface area contributed by atoms with Crippen LogP contribution in [0.15, 0.2) is 12.2 Å². The number of carbonyl (C=O) groups excluding carboxylic acids is 1. The van der Waals surface area contributed by atoms with Gasteiger partial charge in [-0.1, -0.05) is 6.58 Å². The lowest BCUT2D eigenvalue weighted by molar-refractivity contribution is -0.140. The molecule has 0 rings (SSSR count). The number of hydrogen-bond acceptors (Lipinski definition) is 5. The van der Waals surface area contributed by atoms with Crippen LogP contribution in [0.1, 0.15) is 27.2 Å². The average Bonchev–Trinajstić information content (AvgIpc) is 2.26. The van der Waals surface area contributed by atoms with E-state index in [0.717, 1.165) is 6.92 Å². The molecule has 112 valence electrons. The molecule has 5 nitrogen and oxygen atoms in total. The molecule has 0 aromatic heterocycles. The average molecular weight is 300 g/mol. The van der Waals surface area contributed by atoms with Crippen LogP contribution < -0.4 is 0 Å². The standard InChI is InChI=1S/C11H19F2O5P/c1-5-17-19(15,18-6-2)11(12,13)7-9(3)8-16-10(4)14/h3,5-8H2,1-2,4H3. The first-order valence-electron chi connectivity index (χ1n) is 5.75. The van der Waals surface area contributed by atoms with Gasteiger partial charge in [0.25, 0.3) is 0 Å². The SMILES string of the molecule is C=C(COC(C)=O)CC(F)(F)P(=O)(OCC)OCC. The Labute approximate surface area is 111 Å². The van der Waals surface area contributed by atoms with Crippen molar-refractivity contribution in [1.82, 2.24) is 0 Å². The molecule has 0 amide bonds. The van der Waals surface area contributed by atoms with Crippen LogP contribution in [0, 0.1) is 0 Å². The van der Waals surface area contributed by atoms with Gasteiger partial charge in [0, 0.05) is 13.3 Å². The van der Waals surface area contributed by atoms with E-state index in [2.05, 4.69) is 20.4 Å². The van der Waals surface area contributed by atoms with Crippen LogP contribution in [0.3, 0.4) is 0 Å². The molecule has 0 aliphatic carbocycles. The highest BCUT2D eigenvalue weighted by molar-refractivity contribution is 7.55. The summed E-state index contributed by atoms with van der Waals surface area (Å²) in [5.74, 6) is -0.609. The van der Waals surface area contributed by atoms with Gasteiger partial charge >= 0.3 is 19.2 Å². The molecule has 0 heterocycles.